The summed E-state index contributed by atoms with van der Waals surface area (Å²) in [4.78, 5) is 21.2. The lowest BCUT2D eigenvalue weighted by Crippen LogP contribution is -2.55. The first-order valence-electron chi connectivity index (χ1n) is 7.87. The number of carbonyl (C=O) groups is 1. The third-order valence-electron chi connectivity index (χ3n) is 4.24. The van der Waals surface area contributed by atoms with Crippen LogP contribution in [-0.2, 0) is 11.2 Å². The molecule has 2 fully saturated rings. The predicted molar refractivity (Wildman–Crippen MR) is 98.2 cm³/mol. The Kier molecular flexibility index (Phi) is 8.53. The molecule has 1 N–H and O–H groups in total. The van der Waals surface area contributed by atoms with Crippen molar-refractivity contribution in [1.82, 2.24) is 19.6 Å². The van der Waals surface area contributed by atoms with Crippen LogP contribution in [0.1, 0.15) is 32.0 Å². The van der Waals surface area contributed by atoms with Gasteiger partial charge in [0.1, 0.15) is 5.82 Å². The second-order valence-corrected chi connectivity index (χ2v) is 6.39. The van der Waals surface area contributed by atoms with Crippen LogP contribution in [0.5, 0.6) is 0 Å². The Bertz CT molecular complexity index is 487. The van der Waals surface area contributed by atoms with Gasteiger partial charge in [-0.05, 0) is 19.4 Å². The van der Waals surface area contributed by atoms with Gasteiger partial charge in [-0.25, -0.2) is 4.98 Å². The fraction of sp³-hybridized carbons (Fsp3) is 0.786. The number of hydrogen-bond donors (Lipinski definition) is 1. The summed E-state index contributed by atoms with van der Waals surface area (Å²) in [5.74, 6) is 1.20. The van der Waals surface area contributed by atoms with E-state index in [2.05, 4.69) is 26.5 Å². The van der Waals surface area contributed by atoms with E-state index < -0.39 is 0 Å². The van der Waals surface area contributed by atoms with Crippen molar-refractivity contribution in [3.8, 4) is 0 Å². The summed E-state index contributed by atoms with van der Waals surface area (Å²) in [5.41, 5.74) is 0. The second-order valence-electron chi connectivity index (χ2n) is 5.66. The van der Waals surface area contributed by atoms with E-state index in [-0.39, 0.29) is 36.8 Å². The molecule has 1 atom stereocenters. The van der Waals surface area contributed by atoms with Gasteiger partial charge in [0.2, 0.25) is 11.0 Å². The molecule has 3 heterocycles. The average Bonchev–Trinajstić information content (AvgIpc) is 3.04. The predicted octanol–water partition coefficient (Wildman–Crippen LogP) is 1.73. The number of halogens is 2. The monoisotopic (exact) mass is 381 g/mol. The van der Waals surface area contributed by atoms with Crippen molar-refractivity contribution < 1.29 is 4.79 Å². The lowest BCUT2D eigenvalue weighted by atomic mass is 10.0. The maximum Gasteiger partial charge on any atom is 0.239 e. The van der Waals surface area contributed by atoms with Crippen LogP contribution in [0.25, 0.3) is 0 Å². The van der Waals surface area contributed by atoms with E-state index in [1.807, 2.05) is 4.90 Å². The largest absolute Gasteiger partial charge is 0.343 e. The Morgan fingerprint density at radius 3 is 2.57 bits per heavy atom. The van der Waals surface area contributed by atoms with E-state index in [4.69, 9.17) is 0 Å². The summed E-state index contributed by atoms with van der Waals surface area (Å²) in [6.45, 7) is 6.34. The first-order valence-corrected chi connectivity index (χ1v) is 8.65. The Hall–Kier alpha value is -0.630. The number of nitrogens with zero attached hydrogens (tertiary/aromatic N) is 4. The summed E-state index contributed by atoms with van der Waals surface area (Å²) < 4.78 is 4.34. The number of carbonyl (C=O) groups excluding carboxylic acids is 1. The molecular weight excluding hydrogens is 357 g/mol. The van der Waals surface area contributed by atoms with Crippen molar-refractivity contribution in [3.63, 3.8) is 0 Å². The van der Waals surface area contributed by atoms with Gasteiger partial charge in [-0.3, -0.25) is 4.79 Å². The number of hydrogen-bond acceptors (Lipinski definition) is 6. The first-order chi connectivity index (χ1) is 10.3. The fourth-order valence-corrected chi connectivity index (χ4v) is 3.72. The molecule has 2 aliphatic rings. The minimum absolute atomic E-state index is 0. The van der Waals surface area contributed by atoms with E-state index >= 15 is 0 Å². The smallest absolute Gasteiger partial charge is 0.239 e. The van der Waals surface area contributed by atoms with E-state index in [9.17, 15) is 4.79 Å². The van der Waals surface area contributed by atoms with Crippen molar-refractivity contribution in [3.05, 3.63) is 5.82 Å². The summed E-state index contributed by atoms with van der Waals surface area (Å²) in [7, 11) is 0. The third kappa shape index (κ3) is 4.92. The average molecular weight is 382 g/mol. The number of aryl methyl sites for hydroxylation is 1. The van der Waals surface area contributed by atoms with Crippen LogP contribution < -0.4 is 10.2 Å². The van der Waals surface area contributed by atoms with Crippen molar-refractivity contribution in [2.75, 3.05) is 37.6 Å². The summed E-state index contributed by atoms with van der Waals surface area (Å²) >= 11 is 1.47. The minimum atomic E-state index is 0. The van der Waals surface area contributed by atoms with Gasteiger partial charge in [-0.15, -0.1) is 24.8 Å². The summed E-state index contributed by atoms with van der Waals surface area (Å²) in [5, 5.41) is 4.34. The quantitative estimate of drug-likeness (QED) is 0.863. The molecule has 0 aromatic carbocycles. The van der Waals surface area contributed by atoms with Gasteiger partial charge in [-0.2, -0.15) is 4.37 Å². The zero-order valence-corrected chi connectivity index (χ0v) is 15.8. The third-order valence-corrected chi connectivity index (χ3v) is 5.06. The highest BCUT2D eigenvalue weighted by molar-refractivity contribution is 7.09. The highest BCUT2D eigenvalue weighted by Gasteiger charge is 2.28. The molecule has 0 radical (unpaired) electrons. The number of aromatic nitrogens is 2. The highest BCUT2D eigenvalue weighted by Crippen LogP contribution is 2.20. The molecule has 2 saturated heterocycles. The zero-order chi connectivity index (χ0) is 14.7. The Balaban J connectivity index is 0.00000132. The van der Waals surface area contributed by atoms with Gasteiger partial charge in [0.15, 0.2) is 0 Å². The summed E-state index contributed by atoms with van der Waals surface area (Å²) in [6.07, 6.45) is 4.21. The van der Waals surface area contributed by atoms with Crippen molar-refractivity contribution in [1.29, 1.82) is 0 Å². The number of piperazine rings is 1. The van der Waals surface area contributed by atoms with Crippen molar-refractivity contribution in [2.24, 2.45) is 0 Å². The maximum absolute atomic E-state index is 12.5. The van der Waals surface area contributed by atoms with E-state index in [0.717, 1.165) is 62.9 Å². The Morgan fingerprint density at radius 2 is 2.00 bits per heavy atom. The number of piperidine rings is 1. The molecule has 0 spiro atoms. The van der Waals surface area contributed by atoms with Gasteiger partial charge >= 0.3 is 0 Å². The molecule has 0 unspecified atom stereocenters. The first kappa shape index (κ1) is 20.4. The maximum atomic E-state index is 12.5. The molecule has 6 nitrogen and oxygen atoms in total. The zero-order valence-electron chi connectivity index (χ0n) is 13.4. The van der Waals surface area contributed by atoms with Gasteiger partial charge in [0.05, 0.1) is 6.04 Å². The number of anilines is 1. The molecule has 23 heavy (non-hydrogen) atoms. The topological polar surface area (TPSA) is 61.4 Å². The van der Waals surface area contributed by atoms with Crippen LogP contribution in [-0.4, -0.2) is 58.9 Å². The molecule has 9 heteroatoms. The number of nitrogens with one attached hydrogen (secondary N) is 1. The van der Waals surface area contributed by atoms with Crippen LogP contribution in [0, 0.1) is 0 Å². The molecule has 1 amide bonds. The molecule has 1 aromatic rings. The second kappa shape index (κ2) is 9.61. The SMILES string of the molecule is CCc1nsc(N2CCN(C(=O)[C@H]3CCCCN3)CC2)n1.Cl.Cl. The van der Waals surface area contributed by atoms with Crippen LogP contribution in [0.3, 0.4) is 0 Å². The highest BCUT2D eigenvalue weighted by atomic mass is 35.5. The van der Waals surface area contributed by atoms with E-state index in [1.54, 1.807) is 0 Å². The van der Waals surface area contributed by atoms with Crippen LogP contribution in [0.2, 0.25) is 0 Å². The van der Waals surface area contributed by atoms with Gasteiger partial charge < -0.3 is 15.1 Å². The molecule has 3 rings (SSSR count). The van der Waals surface area contributed by atoms with Gasteiger partial charge in [0, 0.05) is 44.1 Å². The molecule has 0 aliphatic carbocycles. The molecule has 1 aromatic heterocycles. The van der Waals surface area contributed by atoms with Crippen LogP contribution in [0.15, 0.2) is 0 Å². The van der Waals surface area contributed by atoms with E-state index in [0.29, 0.717) is 0 Å². The Morgan fingerprint density at radius 1 is 1.26 bits per heavy atom. The molecule has 0 bridgehead atoms. The lowest BCUT2D eigenvalue weighted by molar-refractivity contribution is -0.134. The van der Waals surface area contributed by atoms with Crippen LogP contribution in [0.4, 0.5) is 5.13 Å². The summed E-state index contributed by atoms with van der Waals surface area (Å²) in [6, 6.07) is 0.0403. The van der Waals surface area contributed by atoms with Gasteiger partial charge in [0.25, 0.3) is 0 Å². The standard InChI is InChI=1S/C14H23N5OS.2ClH/c1-2-12-16-14(21-17-12)19-9-7-18(8-10-19)13(20)11-5-3-4-6-15-11;;/h11,15H,2-10H2,1H3;2*1H/t11-;;/m1../s1. The van der Waals surface area contributed by atoms with Crippen molar-refractivity contribution >= 4 is 47.4 Å². The van der Waals surface area contributed by atoms with Crippen LogP contribution >= 0.6 is 36.3 Å². The molecular formula is C14H25Cl2N5OS. The number of amides is 1. The van der Waals surface area contributed by atoms with Crippen molar-refractivity contribution in [2.45, 2.75) is 38.6 Å². The Labute approximate surface area is 154 Å². The number of rotatable bonds is 3. The minimum Gasteiger partial charge on any atom is -0.343 e. The normalized spacial score (nSPS) is 21.3. The molecule has 0 saturated carbocycles. The van der Waals surface area contributed by atoms with E-state index in [1.165, 1.54) is 18.0 Å². The fourth-order valence-electron chi connectivity index (χ4n) is 2.92. The molecule has 132 valence electrons. The molecule has 2 aliphatic heterocycles. The lowest BCUT2D eigenvalue weighted by Gasteiger charge is -2.37. The van der Waals surface area contributed by atoms with Gasteiger partial charge in [-0.1, -0.05) is 13.3 Å².